The van der Waals surface area contributed by atoms with Gasteiger partial charge in [-0.3, -0.25) is 4.79 Å². The molecule has 0 saturated heterocycles. The second kappa shape index (κ2) is 8.23. The van der Waals surface area contributed by atoms with Crippen molar-refractivity contribution in [3.63, 3.8) is 0 Å². The summed E-state index contributed by atoms with van der Waals surface area (Å²) in [6.07, 6.45) is 2.16. The number of fused-ring (bicyclic) bond motifs is 1. The quantitative estimate of drug-likeness (QED) is 0.455. The second-order valence-electron chi connectivity index (χ2n) is 6.44. The fraction of sp³-hybridized carbons (Fsp3) is 0.300. The summed E-state index contributed by atoms with van der Waals surface area (Å²) in [5.74, 6) is 1.42. The molecule has 0 aliphatic heterocycles. The standard InChI is InChI=1S/C20H20ClN3O2S/c21-15-5-1-4-8-18(15)26-11-12-27-20-23-16-6-2-3-7-17(16)24(20)13-19(25)22-14-9-10-14/h1-8,14H,9-13H2,(H,22,25). The maximum Gasteiger partial charge on any atom is 0.240 e. The molecule has 1 fully saturated rings. The molecule has 1 saturated carbocycles. The van der Waals surface area contributed by atoms with Crippen molar-refractivity contribution < 1.29 is 9.53 Å². The Balaban J connectivity index is 1.43. The van der Waals surface area contributed by atoms with E-state index in [0.717, 1.165) is 29.0 Å². The molecule has 2 aromatic carbocycles. The topological polar surface area (TPSA) is 56.2 Å². The third-order valence-electron chi connectivity index (χ3n) is 4.27. The van der Waals surface area contributed by atoms with Gasteiger partial charge in [-0.15, -0.1) is 0 Å². The van der Waals surface area contributed by atoms with E-state index in [-0.39, 0.29) is 12.5 Å². The van der Waals surface area contributed by atoms with Gasteiger partial charge in [-0.05, 0) is 37.1 Å². The van der Waals surface area contributed by atoms with Crippen LogP contribution in [-0.2, 0) is 11.3 Å². The number of para-hydroxylation sites is 3. The van der Waals surface area contributed by atoms with E-state index in [1.807, 2.05) is 53.1 Å². The molecule has 0 atom stereocenters. The molecule has 27 heavy (non-hydrogen) atoms. The SMILES string of the molecule is O=C(Cn1c(SCCOc2ccccc2Cl)nc2ccccc21)NC1CC1. The number of imidazole rings is 1. The van der Waals surface area contributed by atoms with Crippen molar-refractivity contribution in [3.05, 3.63) is 53.6 Å². The number of benzene rings is 2. The fourth-order valence-corrected chi connectivity index (χ4v) is 3.83. The summed E-state index contributed by atoms with van der Waals surface area (Å²) >= 11 is 7.69. The molecule has 0 bridgehead atoms. The number of nitrogens with zero attached hydrogens (tertiary/aromatic N) is 2. The molecule has 1 aromatic heterocycles. The molecule has 5 nitrogen and oxygen atoms in total. The first-order valence-electron chi connectivity index (χ1n) is 8.95. The molecule has 1 aliphatic rings. The van der Waals surface area contributed by atoms with Crippen LogP contribution in [0.5, 0.6) is 5.75 Å². The van der Waals surface area contributed by atoms with Gasteiger partial charge in [0.05, 0.1) is 22.7 Å². The highest BCUT2D eigenvalue weighted by atomic mass is 35.5. The Morgan fingerprint density at radius 2 is 2.00 bits per heavy atom. The Kier molecular flexibility index (Phi) is 5.55. The summed E-state index contributed by atoms with van der Waals surface area (Å²) in [5.41, 5.74) is 1.87. The molecule has 4 rings (SSSR count). The zero-order valence-corrected chi connectivity index (χ0v) is 16.3. The van der Waals surface area contributed by atoms with Gasteiger partial charge < -0.3 is 14.6 Å². The second-order valence-corrected chi connectivity index (χ2v) is 7.91. The summed E-state index contributed by atoms with van der Waals surface area (Å²) in [4.78, 5) is 17.0. The van der Waals surface area contributed by atoms with Gasteiger partial charge in [0.25, 0.3) is 0 Å². The van der Waals surface area contributed by atoms with E-state index in [1.165, 1.54) is 0 Å². The van der Waals surface area contributed by atoms with E-state index < -0.39 is 0 Å². The Morgan fingerprint density at radius 1 is 1.22 bits per heavy atom. The maximum absolute atomic E-state index is 12.3. The van der Waals surface area contributed by atoms with Crippen LogP contribution in [0.2, 0.25) is 5.02 Å². The lowest BCUT2D eigenvalue weighted by molar-refractivity contribution is -0.121. The monoisotopic (exact) mass is 401 g/mol. The van der Waals surface area contributed by atoms with Crippen LogP contribution in [-0.4, -0.2) is 33.9 Å². The summed E-state index contributed by atoms with van der Waals surface area (Å²) in [6.45, 7) is 0.788. The number of carbonyl (C=O) groups excluding carboxylic acids is 1. The number of aromatic nitrogens is 2. The lowest BCUT2D eigenvalue weighted by atomic mass is 10.3. The van der Waals surface area contributed by atoms with E-state index in [1.54, 1.807) is 11.8 Å². The number of amides is 1. The highest BCUT2D eigenvalue weighted by Gasteiger charge is 2.24. The number of hydrogen-bond acceptors (Lipinski definition) is 4. The first-order valence-corrected chi connectivity index (χ1v) is 10.3. The van der Waals surface area contributed by atoms with Crippen molar-refractivity contribution in [3.8, 4) is 5.75 Å². The van der Waals surface area contributed by atoms with Crippen molar-refractivity contribution in [2.24, 2.45) is 0 Å². The van der Waals surface area contributed by atoms with Crippen LogP contribution in [0.3, 0.4) is 0 Å². The summed E-state index contributed by atoms with van der Waals surface area (Å²) in [7, 11) is 0. The molecule has 0 radical (unpaired) electrons. The minimum Gasteiger partial charge on any atom is -0.491 e. The first kappa shape index (κ1) is 18.2. The molecule has 7 heteroatoms. The van der Waals surface area contributed by atoms with Gasteiger partial charge in [0.15, 0.2) is 5.16 Å². The van der Waals surface area contributed by atoms with E-state index in [9.17, 15) is 4.79 Å². The largest absolute Gasteiger partial charge is 0.491 e. The number of halogens is 1. The molecule has 1 heterocycles. The van der Waals surface area contributed by atoms with Crippen LogP contribution in [0.4, 0.5) is 0 Å². The zero-order chi connectivity index (χ0) is 18.6. The number of nitrogens with one attached hydrogen (secondary N) is 1. The van der Waals surface area contributed by atoms with Gasteiger partial charge in [-0.25, -0.2) is 4.98 Å². The summed E-state index contributed by atoms with van der Waals surface area (Å²) < 4.78 is 7.72. The number of thioether (sulfide) groups is 1. The Hall–Kier alpha value is -2.18. The first-order chi connectivity index (χ1) is 13.2. The molecule has 1 amide bonds. The minimum absolute atomic E-state index is 0.0369. The van der Waals surface area contributed by atoms with Gasteiger partial charge in [-0.2, -0.15) is 0 Å². The van der Waals surface area contributed by atoms with Gasteiger partial charge in [0, 0.05) is 11.8 Å². The number of ether oxygens (including phenoxy) is 1. The van der Waals surface area contributed by atoms with Gasteiger partial charge in [0.2, 0.25) is 5.91 Å². The zero-order valence-electron chi connectivity index (χ0n) is 14.7. The lowest BCUT2D eigenvalue weighted by Gasteiger charge is -2.10. The number of rotatable bonds is 8. The summed E-state index contributed by atoms with van der Waals surface area (Å²) in [5, 5.41) is 4.47. The fourth-order valence-electron chi connectivity index (χ4n) is 2.81. The van der Waals surface area contributed by atoms with Crippen LogP contribution in [0.15, 0.2) is 53.7 Å². The van der Waals surface area contributed by atoms with Crippen LogP contribution in [0.1, 0.15) is 12.8 Å². The van der Waals surface area contributed by atoms with Crippen molar-refractivity contribution in [2.45, 2.75) is 30.6 Å². The molecule has 0 unspecified atom stereocenters. The van der Waals surface area contributed by atoms with Crippen molar-refractivity contribution in [1.82, 2.24) is 14.9 Å². The predicted octanol–water partition coefficient (Wildman–Crippen LogP) is 4.14. The smallest absolute Gasteiger partial charge is 0.240 e. The maximum atomic E-state index is 12.3. The van der Waals surface area contributed by atoms with Gasteiger partial charge in [-0.1, -0.05) is 47.6 Å². The van der Waals surface area contributed by atoms with Crippen LogP contribution in [0.25, 0.3) is 11.0 Å². The average Bonchev–Trinajstić information content (AvgIpc) is 3.41. The molecule has 1 aliphatic carbocycles. The van der Waals surface area contributed by atoms with Crippen molar-refractivity contribution in [2.75, 3.05) is 12.4 Å². The number of carbonyl (C=O) groups is 1. The molecule has 0 spiro atoms. The third kappa shape index (κ3) is 4.57. The Labute approximate surface area is 167 Å². The molecule has 140 valence electrons. The Bertz CT molecular complexity index is 955. The molecule has 1 N–H and O–H groups in total. The van der Waals surface area contributed by atoms with Crippen molar-refractivity contribution >= 4 is 40.3 Å². The molecular formula is C20H20ClN3O2S. The highest BCUT2D eigenvalue weighted by Crippen LogP contribution is 2.26. The van der Waals surface area contributed by atoms with Gasteiger partial charge >= 0.3 is 0 Å². The van der Waals surface area contributed by atoms with E-state index in [2.05, 4.69) is 10.3 Å². The highest BCUT2D eigenvalue weighted by molar-refractivity contribution is 7.99. The average molecular weight is 402 g/mol. The van der Waals surface area contributed by atoms with E-state index >= 15 is 0 Å². The molecule has 3 aromatic rings. The Morgan fingerprint density at radius 3 is 2.81 bits per heavy atom. The van der Waals surface area contributed by atoms with E-state index in [4.69, 9.17) is 16.3 Å². The van der Waals surface area contributed by atoms with E-state index in [0.29, 0.717) is 29.2 Å². The lowest BCUT2D eigenvalue weighted by Crippen LogP contribution is -2.29. The van der Waals surface area contributed by atoms with Crippen molar-refractivity contribution in [1.29, 1.82) is 0 Å². The van der Waals surface area contributed by atoms with Gasteiger partial charge in [0.1, 0.15) is 12.3 Å². The summed E-state index contributed by atoms with van der Waals surface area (Å²) in [6, 6.07) is 15.7. The number of hydrogen-bond donors (Lipinski definition) is 1. The molecular weight excluding hydrogens is 382 g/mol. The minimum atomic E-state index is 0.0369. The third-order valence-corrected chi connectivity index (χ3v) is 5.53. The predicted molar refractivity (Wildman–Crippen MR) is 109 cm³/mol. The van der Waals surface area contributed by atoms with Crippen LogP contribution < -0.4 is 10.1 Å². The van der Waals surface area contributed by atoms with Crippen LogP contribution >= 0.6 is 23.4 Å². The normalized spacial score (nSPS) is 13.7. The van der Waals surface area contributed by atoms with Crippen LogP contribution in [0, 0.1) is 0 Å².